The summed E-state index contributed by atoms with van der Waals surface area (Å²) in [6, 6.07) is 16.9. The van der Waals surface area contributed by atoms with Gasteiger partial charge in [-0.25, -0.2) is 13.2 Å². The van der Waals surface area contributed by atoms with E-state index in [-0.39, 0.29) is 22.8 Å². The van der Waals surface area contributed by atoms with Gasteiger partial charge in [0.2, 0.25) is 5.78 Å². The molecule has 0 bridgehead atoms. The summed E-state index contributed by atoms with van der Waals surface area (Å²) >= 11 is 0. The van der Waals surface area contributed by atoms with Crippen LogP contribution in [0.2, 0.25) is 0 Å². The minimum Gasteiger partial charge on any atom is -0.454 e. The average Bonchev–Trinajstić information content (AvgIpc) is 2.84. The maximum absolute atomic E-state index is 13.3. The first-order valence-electron chi connectivity index (χ1n) is 11.2. The van der Waals surface area contributed by atoms with Gasteiger partial charge in [-0.2, -0.15) is 0 Å². The van der Waals surface area contributed by atoms with Crippen LogP contribution in [0.5, 0.6) is 0 Å². The first-order chi connectivity index (χ1) is 16.2. The molecule has 4 rings (SSSR count). The number of carbonyl (C=O) groups excluding carboxylic acids is 2. The van der Waals surface area contributed by atoms with E-state index in [1.807, 2.05) is 51.1 Å². The summed E-state index contributed by atoms with van der Waals surface area (Å²) in [5.74, 6) is -0.959. The quantitative estimate of drug-likeness (QED) is 0.377. The zero-order chi connectivity index (χ0) is 24.5. The Morgan fingerprint density at radius 1 is 0.912 bits per heavy atom. The molecule has 3 aromatic carbocycles. The number of aryl methyl sites for hydroxylation is 4. The Labute approximate surface area is 200 Å². The molecule has 0 spiro atoms. The van der Waals surface area contributed by atoms with Crippen LogP contribution in [0.25, 0.3) is 0 Å². The molecule has 0 N–H and O–H groups in total. The van der Waals surface area contributed by atoms with Gasteiger partial charge in [0.15, 0.2) is 6.61 Å². The lowest BCUT2D eigenvalue weighted by molar-refractivity contribution is 0.0474. The van der Waals surface area contributed by atoms with E-state index in [0.717, 1.165) is 35.1 Å². The van der Waals surface area contributed by atoms with Crippen molar-refractivity contribution in [1.82, 2.24) is 0 Å². The number of sulfonamides is 1. The lowest BCUT2D eigenvalue weighted by atomic mass is 9.98. The molecular weight excluding hydrogens is 450 g/mol. The molecule has 6 nitrogen and oxygen atoms in total. The second-order valence-electron chi connectivity index (χ2n) is 8.58. The highest BCUT2D eigenvalue weighted by atomic mass is 32.2. The number of ketones is 1. The van der Waals surface area contributed by atoms with Crippen molar-refractivity contribution >= 4 is 27.5 Å². The fraction of sp³-hybridized carbons (Fsp3) is 0.259. The molecule has 0 aliphatic carbocycles. The van der Waals surface area contributed by atoms with Gasteiger partial charge in [0.1, 0.15) is 0 Å². The van der Waals surface area contributed by atoms with Gasteiger partial charge >= 0.3 is 5.97 Å². The molecule has 7 heteroatoms. The fourth-order valence-corrected chi connectivity index (χ4v) is 5.73. The van der Waals surface area contributed by atoms with Gasteiger partial charge in [0.05, 0.1) is 16.1 Å². The Bertz CT molecular complexity index is 1360. The van der Waals surface area contributed by atoms with Gasteiger partial charge in [-0.15, -0.1) is 0 Å². The number of anilines is 1. The molecule has 0 atom stereocenters. The van der Waals surface area contributed by atoms with Crippen LogP contribution >= 0.6 is 0 Å². The van der Waals surface area contributed by atoms with Crippen molar-refractivity contribution < 1.29 is 22.7 Å². The van der Waals surface area contributed by atoms with E-state index >= 15 is 0 Å². The predicted molar refractivity (Wildman–Crippen MR) is 131 cm³/mol. The third-order valence-corrected chi connectivity index (χ3v) is 8.05. The van der Waals surface area contributed by atoms with E-state index in [0.29, 0.717) is 17.8 Å². The van der Waals surface area contributed by atoms with Crippen LogP contribution in [0.15, 0.2) is 65.6 Å². The third kappa shape index (κ3) is 4.61. The van der Waals surface area contributed by atoms with Crippen molar-refractivity contribution in [3.63, 3.8) is 0 Å². The number of benzene rings is 3. The van der Waals surface area contributed by atoms with Crippen LogP contribution in [0, 0.1) is 20.8 Å². The zero-order valence-electron chi connectivity index (χ0n) is 19.5. The van der Waals surface area contributed by atoms with Gasteiger partial charge < -0.3 is 4.74 Å². The summed E-state index contributed by atoms with van der Waals surface area (Å²) in [7, 11) is -3.76. The number of para-hydroxylation sites is 1. The maximum Gasteiger partial charge on any atom is 0.338 e. The lowest BCUT2D eigenvalue weighted by Gasteiger charge is -2.30. The molecule has 1 aliphatic heterocycles. The first-order valence-corrected chi connectivity index (χ1v) is 12.6. The van der Waals surface area contributed by atoms with Crippen molar-refractivity contribution in [2.75, 3.05) is 17.5 Å². The number of hydrogen-bond donors (Lipinski definition) is 0. The van der Waals surface area contributed by atoms with Crippen LogP contribution < -0.4 is 4.31 Å². The number of hydrogen-bond acceptors (Lipinski definition) is 5. The van der Waals surface area contributed by atoms with Crippen molar-refractivity contribution in [3.8, 4) is 0 Å². The highest BCUT2D eigenvalue weighted by molar-refractivity contribution is 7.92. The Morgan fingerprint density at radius 3 is 2.32 bits per heavy atom. The van der Waals surface area contributed by atoms with E-state index in [1.54, 1.807) is 6.07 Å². The Kier molecular flexibility index (Phi) is 6.57. The standard InChI is InChI=1S/C27H27NO5S/c1-18-15-20(3)24(16-19(18)2)26(29)17-33-27(30)22-10-12-23(13-11-22)34(31,32)28-14-6-8-21-7-4-5-9-25(21)28/h4-5,7,9-13,15-16H,6,8,14,17H2,1-3H3. The van der Waals surface area contributed by atoms with Crippen molar-refractivity contribution in [1.29, 1.82) is 0 Å². The molecule has 0 saturated heterocycles. The average molecular weight is 478 g/mol. The van der Waals surface area contributed by atoms with Gasteiger partial charge in [-0.1, -0.05) is 24.3 Å². The number of ether oxygens (including phenoxy) is 1. The maximum atomic E-state index is 13.3. The number of nitrogens with zero attached hydrogens (tertiary/aromatic N) is 1. The Balaban J connectivity index is 1.46. The largest absolute Gasteiger partial charge is 0.454 e. The molecule has 0 aromatic heterocycles. The van der Waals surface area contributed by atoms with E-state index in [9.17, 15) is 18.0 Å². The molecule has 176 valence electrons. The highest BCUT2D eigenvalue weighted by Gasteiger charge is 2.29. The topological polar surface area (TPSA) is 80.8 Å². The number of carbonyl (C=O) groups is 2. The predicted octanol–water partition coefficient (Wildman–Crippen LogP) is 4.79. The molecule has 0 unspecified atom stereocenters. The first kappa shape index (κ1) is 23.7. The molecule has 0 saturated carbocycles. The second kappa shape index (κ2) is 9.43. The van der Waals surface area contributed by atoms with Crippen LogP contribution in [-0.4, -0.2) is 33.3 Å². The smallest absolute Gasteiger partial charge is 0.338 e. The molecule has 0 amide bonds. The molecular formula is C27H27NO5S. The summed E-state index contributed by atoms with van der Waals surface area (Å²) in [6.07, 6.45) is 1.59. The third-order valence-electron chi connectivity index (χ3n) is 6.22. The Morgan fingerprint density at radius 2 is 1.59 bits per heavy atom. The van der Waals surface area contributed by atoms with E-state index in [2.05, 4.69) is 0 Å². The summed E-state index contributed by atoms with van der Waals surface area (Å²) in [6.45, 7) is 5.78. The molecule has 1 aliphatic rings. The van der Waals surface area contributed by atoms with Crippen LogP contribution in [0.4, 0.5) is 5.69 Å². The molecule has 3 aromatic rings. The van der Waals surface area contributed by atoms with Gasteiger partial charge in [-0.3, -0.25) is 9.10 Å². The molecule has 34 heavy (non-hydrogen) atoms. The molecule has 0 radical (unpaired) electrons. The van der Waals surface area contributed by atoms with Crippen LogP contribution in [0.3, 0.4) is 0 Å². The van der Waals surface area contributed by atoms with E-state index in [4.69, 9.17) is 4.74 Å². The molecule has 1 heterocycles. The van der Waals surface area contributed by atoms with Crippen molar-refractivity contribution in [2.24, 2.45) is 0 Å². The van der Waals surface area contributed by atoms with E-state index in [1.165, 1.54) is 28.6 Å². The minimum atomic E-state index is -3.76. The summed E-state index contributed by atoms with van der Waals surface area (Å²) < 4.78 is 33.1. The van der Waals surface area contributed by atoms with Crippen molar-refractivity contribution in [2.45, 2.75) is 38.5 Å². The normalized spacial score (nSPS) is 13.3. The Hall–Kier alpha value is -3.45. The number of Topliss-reactive ketones (excluding diaryl/α,β-unsaturated/α-hetero) is 1. The summed E-state index contributed by atoms with van der Waals surface area (Å²) in [5, 5.41) is 0. The SMILES string of the molecule is Cc1cc(C)c(C(=O)COC(=O)c2ccc(S(=O)(=O)N3CCCc4ccccc43)cc2)cc1C. The van der Waals surface area contributed by atoms with E-state index < -0.39 is 16.0 Å². The number of rotatable bonds is 6. The summed E-state index contributed by atoms with van der Waals surface area (Å²) in [5.41, 5.74) is 5.32. The van der Waals surface area contributed by atoms with Gasteiger partial charge in [-0.05, 0) is 92.3 Å². The van der Waals surface area contributed by atoms with Crippen molar-refractivity contribution in [3.05, 3.63) is 94.0 Å². The van der Waals surface area contributed by atoms with Gasteiger partial charge in [0, 0.05) is 12.1 Å². The van der Waals surface area contributed by atoms with Crippen LogP contribution in [-0.2, 0) is 21.2 Å². The van der Waals surface area contributed by atoms with Gasteiger partial charge in [0.25, 0.3) is 10.0 Å². The lowest BCUT2D eigenvalue weighted by Crippen LogP contribution is -2.35. The highest BCUT2D eigenvalue weighted by Crippen LogP contribution is 2.31. The zero-order valence-corrected chi connectivity index (χ0v) is 20.3. The van der Waals surface area contributed by atoms with Crippen LogP contribution in [0.1, 0.15) is 49.4 Å². The molecule has 0 fully saturated rings. The minimum absolute atomic E-state index is 0.0996. The number of fused-ring (bicyclic) bond motifs is 1. The monoisotopic (exact) mass is 477 g/mol. The fourth-order valence-electron chi connectivity index (χ4n) is 4.19. The second-order valence-corrected chi connectivity index (χ2v) is 10.4. The summed E-state index contributed by atoms with van der Waals surface area (Å²) in [4.78, 5) is 25.1. The number of esters is 1.